The molecule has 1 aromatic heterocycles. The summed E-state index contributed by atoms with van der Waals surface area (Å²) in [6, 6.07) is 23.7. The van der Waals surface area contributed by atoms with Crippen LogP contribution in [0.2, 0.25) is 0 Å². The Kier molecular flexibility index (Phi) is 5.10. The maximum Gasteiger partial charge on any atom is 0.204 e. The van der Waals surface area contributed by atoms with Crippen LogP contribution in [0, 0.1) is 0 Å². The molecular weight excluding hydrogens is 398 g/mol. The molecule has 0 saturated heterocycles. The number of para-hydroxylation sites is 1. The molecule has 0 saturated carbocycles. The van der Waals surface area contributed by atoms with Gasteiger partial charge in [0.05, 0.1) is 17.6 Å². The quantitative estimate of drug-likeness (QED) is 0.498. The van der Waals surface area contributed by atoms with E-state index >= 15 is 0 Å². The van der Waals surface area contributed by atoms with E-state index in [1.807, 2.05) is 60.8 Å². The molecule has 3 aromatic carbocycles. The molecule has 5 nitrogen and oxygen atoms in total. The summed E-state index contributed by atoms with van der Waals surface area (Å²) in [6.45, 7) is 0. The zero-order valence-corrected chi connectivity index (χ0v) is 17.4. The van der Waals surface area contributed by atoms with Gasteiger partial charge in [-0.05, 0) is 47.5 Å². The fourth-order valence-electron chi connectivity index (χ4n) is 3.42. The van der Waals surface area contributed by atoms with Crippen LogP contribution < -0.4 is 4.74 Å². The van der Waals surface area contributed by atoms with Gasteiger partial charge in [-0.15, -0.1) is 0 Å². The van der Waals surface area contributed by atoms with E-state index in [9.17, 15) is 13.5 Å². The van der Waals surface area contributed by atoms with Crippen LogP contribution in [0.15, 0.2) is 90.0 Å². The van der Waals surface area contributed by atoms with Crippen molar-refractivity contribution in [3.8, 4) is 39.6 Å². The van der Waals surface area contributed by atoms with Crippen molar-refractivity contribution in [2.75, 3.05) is 13.4 Å². The standard InChI is InChI=1S/C24H21NO4S/c1-29-20-12-8-18(9-13-20)23-22(17-10-14-21(15-11-17)30(2,27)28)16-25(24(23)26)19-6-4-3-5-7-19/h3-16,26H,1-2H3. The second kappa shape index (κ2) is 7.72. The SMILES string of the molecule is COc1ccc(-c2c(-c3ccc(S(C)(=O)=O)cc3)cn(-c3ccccc3)c2O)cc1. The predicted octanol–water partition coefficient (Wildman–Crippen LogP) is 4.93. The van der Waals surface area contributed by atoms with E-state index in [-0.39, 0.29) is 10.8 Å². The number of hydrogen-bond donors (Lipinski definition) is 1. The zero-order chi connectivity index (χ0) is 21.3. The highest BCUT2D eigenvalue weighted by Gasteiger charge is 2.20. The van der Waals surface area contributed by atoms with Crippen LogP contribution in [0.1, 0.15) is 0 Å². The Morgan fingerprint density at radius 2 is 1.43 bits per heavy atom. The first-order valence-corrected chi connectivity index (χ1v) is 11.2. The molecule has 0 radical (unpaired) electrons. The number of aromatic hydroxyl groups is 1. The minimum atomic E-state index is -3.29. The molecule has 4 aromatic rings. The molecule has 6 heteroatoms. The van der Waals surface area contributed by atoms with Crippen molar-refractivity contribution in [1.82, 2.24) is 4.57 Å². The van der Waals surface area contributed by atoms with E-state index in [1.165, 1.54) is 6.26 Å². The summed E-state index contributed by atoms with van der Waals surface area (Å²) in [7, 11) is -1.68. The van der Waals surface area contributed by atoms with Gasteiger partial charge in [-0.1, -0.05) is 42.5 Å². The van der Waals surface area contributed by atoms with Crippen LogP contribution in [0.25, 0.3) is 27.9 Å². The van der Waals surface area contributed by atoms with E-state index in [1.54, 1.807) is 35.9 Å². The first-order chi connectivity index (χ1) is 14.4. The first-order valence-electron chi connectivity index (χ1n) is 9.33. The smallest absolute Gasteiger partial charge is 0.204 e. The summed E-state index contributed by atoms with van der Waals surface area (Å²) < 4.78 is 30.6. The molecular formula is C24H21NO4S. The Hall–Kier alpha value is -3.51. The molecule has 0 fully saturated rings. The van der Waals surface area contributed by atoms with Gasteiger partial charge in [0, 0.05) is 23.7 Å². The summed E-state index contributed by atoms with van der Waals surface area (Å²) in [4.78, 5) is 0.254. The fourth-order valence-corrected chi connectivity index (χ4v) is 4.05. The van der Waals surface area contributed by atoms with Gasteiger partial charge in [0.2, 0.25) is 5.88 Å². The first kappa shape index (κ1) is 19.8. The average Bonchev–Trinajstić information content (AvgIpc) is 3.11. The summed E-state index contributed by atoms with van der Waals surface area (Å²) in [5.41, 5.74) is 3.90. The van der Waals surface area contributed by atoms with Crippen molar-refractivity contribution in [2.24, 2.45) is 0 Å². The molecule has 0 aliphatic heterocycles. The third kappa shape index (κ3) is 3.69. The van der Waals surface area contributed by atoms with Gasteiger partial charge < -0.3 is 9.84 Å². The molecule has 30 heavy (non-hydrogen) atoms. The van der Waals surface area contributed by atoms with E-state index in [2.05, 4.69) is 0 Å². The summed E-state index contributed by atoms with van der Waals surface area (Å²) >= 11 is 0. The number of sulfone groups is 1. The van der Waals surface area contributed by atoms with Gasteiger partial charge in [-0.25, -0.2) is 8.42 Å². The second-order valence-corrected chi connectivity index (χ2v) is 8.99. The maximum atomic E-state index is 11.8. The highest BCUT2D eigenvalue weighted by molar-refractivity contribution is 7.90. The normalized spacial score (nSPS) is 11.4. The van der Waals surface area contributed by atoms with Crippen molar-refractivity contribution in [3.05, 3.63) is 85.1 Å². The maximum absolute atomic E-state index is 11.8. The monoisotopic (exact) mass is 419 g/mol. The number of rotatable bonds is 5. The molecule has 1 heterocycles. The summed E-state index contributed by atoms with van der Waals surface area (Å²) in [6.07, 6.45) is 3.04. The van der Waals surface area contributed by atoms with Crippen LogP contribution in [-0.4, -0.2) is 31.5 Å². The molecule has 0 amide bonds. The predicted molar refractivity (Wildman–Crippen MR) is 118 cm³/mol. The highest BCUT2D eigenvalue weighted by Crippen LogP contribution is 2.42. The minimum absolute atomic E-state index is 0.105. The van der Waals surface area contributed by atoms with Gasteiger partial charge >= 0.3 is 0 Å². The number of methoxy groups -OCH3 is 1. The molecule has 0 atom stereocenters. The minimum Gasteiger partial charge on any atom is -0.497 e. The Morgan fingerprint density at radius 3 is 2.00 bits per heavy atom. The van der Waals surface area contributed by atoms with Gasteiger partial charge in [-0.2, -0.15) is 0 Å². The lowest BCUT2D eigenvalue weighted by Gasteiger charge is -2.08. The van der Waals surface area contributed by atoms with Crippen molar-refractivity contribution in [3.63, 3.8) is 0 Å². The van der Waals surface area contributed by atoms with Crippen LogP contribution in [0.5, 0.6) is 11.6 Å². The Labute approximate surface area is 175 Å². The Balaban J connectivity index is 1.92. The second-order valence-electron chi connectivity index (χ2n) is 6.97. The molecule has 152 valence electrons. The van der Waals surface area contributed by atoms with Crippen LogP contribution >= 0.6 is 0 Å². The highest BCUT2D eigenvalue weighted by atomic mass is 32.2. The third-order valence-corrected chi connectivity index (χ3v) is 6.11. The van der Waals surface area contributed by atoms with E-state index in [0.29, 0.717) is 5.56 Å². The lowest BCUT2D eigenvalue weighted by atomic mass is 9.98. The lowest BCUT2D eigenvalue weighted by molar-refractivity contribution is 0.415. The van der Waals surface area contributed by atoms with Gasteiger partial charge in [0.25, 0.3) is 0 Å². The summed E-state index contributed by atoms with van der Waals surface area (Å²) in [5, 5.41) is 11.1. The van der Waals surface area contributed by atoms with Gasteiger partial charge in [0.1, 0.15) is 5.75 Å². The molecule has 0 bridgehead atoms. The fraction of sp³-hybridized carbons (Fsp3) is 0.0833. The molecule has 0 unspecified atom stereocenters. The summed E-state index contributed by atoms with van der Waals surface area (Å²) in [5.74, 6) is 0.827. The molecule has 0 spiro atoms. The van der Waals surface area contributed by atoms with Gasteiger partial charge in [-0.3, -0.25) is 4.57 Å². The zero-order valence-electron chi connectivity index (χ0n) is 16.6. The van der Waals surface area contributed by atoms with Crippen LogP contribution in [0.4, 0.5) is 0 Å². The Bertz CT molecular complexity index is 1270. The Morgan fingerprint density at radius 1 is 0.833 bits per heavy atom. The number of hydrogen-bond acceptors (Lipinski definition) is 4. The van der Waals surface area contributed by atoms with Crippen molar-refractivity contribution >= 4 is 9.84 Å². The molecule has 0 aliphatic rings. The number of nitrogens with zero attached hydrogens (tertiary/aromatic N) is 1. The number of benzene rings is 3. The van der Waals surface area contributed by atoms with Crippen LogP contribution in [0.3, 0.4) is 0 Å². The molecule has 1 N–H and O–H groups in total. The number of ether oxygens (including phenoxy) is 1. The number of aromatic nitrogens is 1. The van der Waals surface area contributed by atoms with E-state index in [0.717, 1.165) is 28.1 Å². The third-order valence-electron chi connectivity index (χ3n) is 4.99. The average molecular weight is 420 g/mol. The van der Waals surface area contributed by atoms with Crippen molar-refractivity contribution in [1.29, 1.82) is 0 Å². The van der Waals surface area contributed by atoms with E-state index < -0.39 is 9.84 Å². The molecule has 0 aliphatic carbocycles. The largest absolute Gasteiger partial charge is 0.497 e. The van der Waals surface area contributed by atoms with Crippen molar-refractivity contribution in [2.45, 2.75) is 4.90 Å². The van der Waals surface area contributed by atoms with E-state index in [4.69, 9.17) is 4.74 Å². The molecule has 4 rings (SSSR count). The lowest BCUT2D eigenvalue weighted by Crippen LogP contribution is -1.96. The van der Waals surface area contributed by atoms with Crippen molar-refractivity contribution < 1.29 is 18.3 Å². The topological polar surface area (TPSA) is 68.5 Å². The van der Waals surface area contributed by atoms with Gasteiger partial charge in [0.15, 0.2) is 9.84 Å². The van der Waals surface area contributed by atoms with Crippen LogP contribution in [-0.2, 0) is 9.84 Å².